The van der Waals surface area contributed by atoms with Crippen molar-refractivity contribution in [1.82, 2.24) is 0 Å². The molecular weight excluding hydrogens is 136 g/mol. The lowest BCUT2D eigenvalue weighted by molar-refractivity contribution is -0.0628. The van der Waals surface area contributed by atoms with Gasteiger partial charge in [0, 0.05) is 0 Å². The fraction of sp³-hybridized carbons (Fsp3) is 1.00. The van der Waals surface area contributed by atoms with Crippen molar-refractivity contribution in [3.8, 4) is 0 Å². The summed E-state index contributed by atoms with van der Waals surface area (Å²) in [4.78, 5) is 0. The van der Waals surface area contributed by atoms with E-state index in [1.165, 1.54) is 6.42 Å². The van der Waals surface area contributed by atoms with Crippen molar-refractivity contribution >= 4 is 0 Å². The van der Waals surface area contributed by atoms with E-state index >= 15 is 0 Å². The minimum absolute atomic E-state index is 0.104. The molecule has 0 bridgehead atoms. The quantitative estimate of drug-likeness (QED) is 0.567. The molecule has 1 rings (SSSR count). The average molecular weight is 156 g/mol. The SMILES string of the molecule is CC[C@@]1(C)O[C@@H](C)CC1(C)C. The molecule has 0 amide bonds. The van der Waals surface area contributed by atoms with Crippen LogP contribution in [-0.4, -0.2) is 11.7 Å². The maximum Gasteiger partial charge on any atom is 0.0707 e. The van der Waals surface area contributed by atoms with Crippen LogP contribution in [0.5, 0.6) is 0 Å². The zero-order valence-electron chi connectivity index (χ0n) is 8.40. The Bertz CT molecular complexity index is 151. The number of hydrogen-bond acceptors (Lipinski definition) is 1. The second-order valence-corrected chi connectivity index (χ2v) is 4.60. The minimum atomic E-state index is 0.104. The highest BCUT2D eigenvalue weighted by atomic mass is 16.5. The zero-order valence-corrected chi connectivity index (χ0v) is 8.40. The maximum absolute atomic E-state index is 5.91. The van der Waals surface area contributed by atoms with Gasteiger partial charge in [0.15, 0.2) is 0 Å². The third-order valence-electron chi connectivity index (χ3n) is 3.37. The maximum atomic E-state index is 5.91. The van der Waals surface area contributed by atoms with Crippen LogP contribution in [0.25, 0.3) is 0 Å². The molecule has 0 spiro atoms. The number of hydrogen-bond donors (Lipinski definition) is 0. The molecule has 0 N–H and O–H groups in total. The molecule has 1 heteroatoms. The smallest absolute Gasteiger partial charge is 0.0707 e. The molecule has 1 nitrogen and oxygen atoms in total. The molecule has 2 atom stereocenters. The Kier molecular flexibility index (Phi) is 2.04. The van der Waals surface area contributed by atoms with Crippen LogP contribution < -0.4 is 0 Å². The molecule has 0 aromatic carbocycles. The summed E-state index contributed by atoms with van der Waals surface area (Å²) in [7, 11) is 0. The lowest BCUT2D eigenvalue weighted by atomic mass is 9.74. The highest BCUT2D eigenvalue weighted by Gasteiger charge is 2.48. The number of ether oxygens (including phenoxy) is 1. The molecule has 11 heavy (non-hydrogen) atoms. The van der Waals surface area contributed by atoms with E-state index in [9.17, 15) is 0 Å². The fourth-order valence-corrected chi connectivity index (χ4v) is 2.14. The minimum Gasteiger partial charge on any atom is -0.372 e. The van der Waals surface area contributed by atoms with Crippen LogP contribution in [-0.2, 0) is 4.74 Å². The molecule has 0 aromatic rings. The van der Waals surface area contributed by atoms with E-state index in [4.69, 9.17) is 4.74 Å². The van der Waals surface area contributed by atoms with Gasteiger partial charge in [-0.1, -0.05) is 20.8 Å². The molecule has 0 aliphatic carbocycles. The molecule has 0 radical (unpaired) electrons. The molecular formula is C10H20O. The van der Waals surface area contributed by atoms with E-state index in [1.807, 2.05) is 0 Å². The third-order valence-corrected chi connectivity index (χ3v) is 3.37. The van der Waals surface area contributed by atoms with Crippen molar-refractivity contribution in [3.63, 3.8) is 0 Å². The Morgan fingerprint density at radius 1 is 1.36 bits per heavy atom. The van der Waals surface area contributed by atoms with E-state index in [0.717, 1.165) is 6.42 Å². The van der Waals surface area contributed by atoms with Crippen molar-refractivity contribution in [2.24, 2.45) is 5.41 Å². The van der Waals surface area contributed by atoms with Gasteiger partial charge in [-0.2, -0.15) is 0 Å². The summed E-state index contributed by atoms with van der Waals surface area (Å²) in [6.45, 7) is 11.2. The molecule has 0 saturated carbocycles. The van der Waals surface area contributed by atoms with Crippen LogP contribution in [0.3, 0.4) is 0 Å². The summed E-state index contributed by atoms with van der Waals surface area (Å²) < 4.78 is 5.91. The van der Waals surface area contributed by atoms with Gasteiger partial charge in [0.05, 0.1) is 11.7 Å². The monoisotopic (exact) mass is 156 g/mol. The van der Waals surface area contributed by atoms with Crippen LogP contribution in [0.2, 0.25) is 0 Å². The van der Waals surface area contributed by atoms with Crippen LogP contribution in [0.4, 0.5) is 0 Å². The molecule has 1 aliphatic heterocycles. The molecule has 1 saturated heterocycles. The van der Waals surface area contributed by atoms with Gasteiger partial charge in [-0.15, -0.1) is 0 Å². The topological polar surface area (TPSA) is 9.23 Å². The van der Waals surface area contributed by atoms with Gasteiger partial charge >= 0.3 is 0 Å². The largest absolute Gasteiger partial charge is 0.372 e. The van der Waals surface area contributed by atoms with Crippen LogP contribution in [0.15, 0.2) is 0 Å². The summed E-state index contributed by atoms with van der Waals surface area (Å²) in [5, 5.41) is 0. The van der Waals surface area contributed by atoms with Crippen LogP contribution in [0, 0.1) is 5.41 Å². The molecule has 0 aromatic heterocycles. The third kappa shape index (κ3) is 1.31. The first kappa shape index (κ1) is 9.05. The predicted octanol–water partition coefficient (Wildman–Crippen LogP) is 2.99. The molecule has 1 fully saturated rings. The van der Waals surface area contributed by atoms with Crippen molar-refractivity contribution < 1.29 is 4.74 Å². The molecule has 1 heterocycles. The van der Waals surface area contributed by atoms with Gasteiger partial charge in [-0.3, -0.25) is 0 Å². The van der Waals surface area contributed by atoms with Gasteiger partial charge < -0.3 is 4.74 Å². The van der Waals surface area contributed by atoms with Gasteiger partial charge in [0.1, 0.15) is 0 Å². The standard InChI is InChI=1S/C10H20O/c1-6-10(5)9(3,4)7-8(2)11-10/h8H,6-7H2,1-5H3/t8-,10+/m0/s1. The zero-order chi connectivity index (χ0) is 8.70. The summed E-state index contributed by atoms with van der Waals surface area (Å²) in [6, 6.07) is 0. The Balaban J connectivity index is 2.81. The van der Waals surface area contributed by atoms with Gasteiger partial charge in [-0.05, 0) is 32.1 Å². The van der Waals surface area contributed by atoms with Gasteiger partial charge in [-0.25, -0.2) is 0 Å². The van der Waals surface area contributed by atoms with Crippen molar-refractivity contribution in [2.45, 2.75) is 59.2 Å². The second kappa shape index (κ2) is 2.48. The summed E-state index contributed by atoms with van der Waals surface area (Å²) in [6.07, 6.45) is 2.75. The predicted molar refractivity (Wildman–Crippen MR) is 47.6 cm³/mol. The van der Waals surface area contributed by atoms with Crippen molar-refractivity contribution in [2.75, 3.05) is 0 Å². The van der Waals surface area contributed by atoms with E-state index in [0.29, 0.717) is 11.5 Å². The lowest BCUT2D eigenvalue weighted by Crippen LogP contribution is -2.37. The summed E-state index contributed by atoms with van der Waals surface area (Å²) >= 11 is 0. The summed E-state index contributed by atoms with van der Waals surface area (Å²) in [5.74, 6) is 0. The average Bonchev–Trinajstić information content (AvgIpc) is 2.03. The van der Waals surface area contributed by atoms with Crippen LogP contribution >= 0.6 is 0 Å². The first-order chi connectivity index (χ1) is 4.91. The van der Waals surface area contributed by atoms with E-state index in [1.54, 1.807) is 0 Å². The van der Waals surface area contributed by atoms with E-state index in [-0.39, 0.29) is 5.60 Å². The lowest BCUT2D eigenvalue weighted by Gasteiger charge is -2.35. The van der Waals surface area contributed by atoms with Crippen LogP contribution in [0.1, 0.15) is 47.5 Å². The highest BCUT2D eigenvalue weighted by Crippen LogP contribution is 2.47. The summed E-state index contributed by atoms with van der Waals surface area (Å²) in [5.41, 5.74) is 0.452. The first-order valence-electron chi connectivity index (χ1n) is 4.59. The fourth-order valence-electron chi connectivity index (χ4n) is 2.14. The van der Waals surface area contributed by atoms with Gasteiger partial charge in [0.2, 0.25) is 0 Å². The second-order valence-electron chi connectivity index (χ2n) is 4.60. The highest BCUT2D eigenvalue weighted by molar-refractivity contribution is 4.97. The Labute approximate surface area is 70.1 Å². The Morgan fingerprint density at radius 2 is 1.91 bits per heavy atom. The van der Waals surface area contributed by atoms with Crippen molar-refractivity contribution in [1.29, 1.82) is 0 Å². The Hall–Kier alpha value is -0.0400. The molecule has 0 unspecified atom stereocenters. The Morgan fingerprint density at radius 3 is 2.09 bits per heavy atom. The van der Waals surface area contributed by atoms with Gasteiger partial charge in [0.25, 0.3) is 0 Å². The number of rotatable bonds is 1. The molecule has 1 aliphatic rings. The first-order valence-corrected chi connectivity index (χ1v) is 4.59. The normalized spacial score (nSPS) is 42.8. The van der Waals surface area contributed by atoms with E-state index < -0.39 is 0 Å². The molecule has 66 valence electrons. The van der Waals surface area contributed by atoms with Crippen molar-refractivity contribution in [3.05, 3.63) is 0 Å². The van der Waals surface area contributed by atoms with E-state index in [2.05, 4.69) is 34.6 Å².